The summed E-state index contributed by atoms with van der Waals surface area (Å²) >= 11 is 0. The van der Waals surface area contributed by atoms with Gasteiger partial charge >= 0.3 is 0 Å². The molecule has 3 heteroatoms. The predicted octanol–water partition coefficient (Wildman–Crippen LogP) is 11.7. The molecule has 0 aromatic heterocycles. The van der Waals surface area contributed by atoms with Crippen molar-refractivity contribution in [3.05, 3.63) is 169 Å². The predicted molar refractivity (Wildman–Crippen MR) is 195 cm³/mol. The van der Waals surface area contributed by atoms with Crippen LogP contribution in [0.15, 0.2) is 164 Å². The number of hydrogen-bond donors (Lipinski definition) is 0. The molecule has 0 spiro atoms. The van der Waals surface area contributed by atoms with E-state index in [1.54, 1.807) is 7.11 Å². The highest BCUT2D eigenvalue weighted by atomic mass is 16.5. The zero-order valence-corrected chi connectivity index (χ0v) is 26.4. The molecule has 0 saturated heterocycles. The smallest absolute Gasteiger partial charge is 0.120 e. The van der Waals surface area contributed by atoms with Gasteiger partial charge in [-0.2, -0.15) is 0 Å². The van der Waals surface area contributed by atoms with Gasteiger partial charge in [-0.15, -0.1) is 0 Å². The van der Waals surface area contributed by atoms with Crippen molar-refractivity contribution in [2.45, 2.75) is 6.92 Å². The summed E-state index contributed by atoms with van der Waals surface area (Å²) in [7, 11) is 3.79. The summed E-state index contributed by atoms with van der Waals surface area (Å²) in [5.74, 6) is 0.850. The molecule has 0 radical (unpaired) electrons. The first kappa shape index (κ1) is 28.9. The zero-order chi connectivity index (χ0) is 31.5. The molecule has 0 fully saturated rings. The number of benzene rings is 7. The van der Waals surface area contributed by atoms with E-state index < -0.39 is 0 Å². The quantitative estimate of drug-likeness (QED) is 0.174. The third-order valence-electron chi connectivity index (χ3n) is 8.70. The molecule has 224 valence electrons. The number of ether oxygens (including phenoxy) is 1. The molecule has 0 aliphatic rings. The first-order chi connectivity index (χ1) is 22.6. The highest BCUT2D eigenvalue weighted by molar-refractivity contribution is 5.90. The summed E-state index contributed by atoms with van der Waals surface area (Å²) in [5, 5.41) is 2.45. The molecule has 3 nitrogen and oxygen atoms in total. The zero-order valence-electron chi connectivity index (χ0n) is 26.4. The Morgan fingerprint density at radius 1 is 0.435 bits per heavy atom. The minimum absolute atomic E-state index is 0.850. The van der Waals surface area contributed by atoms with E-state index in [9.17, 15) is 0 Å². The Balaban J connectivity index is 1.22. The van der Waals surface area contributed by atoms with Gasteiger partial charge in [0.15, 0.2) is 0 Å². The van der Waals surface area contributed by atoms with Gasteiger partial charge in [0.05, 0.1) is 7.11 Å². The molecular formula is C43H36N2O. The van der Waals surface area contributed by atoms with Gasteiger partial charge in [-0.3, -0.25) is 0 Å². The van der Waals surface area contributed by atoms with Crippen molar-refractivity contribution in [3.8, 4) is 28.0 Å². The standard InChI is InChI=1S/C43H36N2O/c1-31-28-40(44(2)39-14-9-15-42(30-39)46-3)26-27-43(31)35-19-23-38(24-20-35)45(41-25-18-33-12-7-8-13-36(33)29-41)37-21-16-34(17-22-37)32-10-5-4-6-11-32/h4-30H,1-3H3. The monoisotopic (exact) mass is 596 g/mol. The molecule has 0 aliphatic carbocycles. The van der Waals surface area contributed by atoms with Gasteiger partial charge in [0.1, 0.15) is 5.75 Å². The van der Waals surface area contributed by atoms with Crippen LogP contribution < -0.4 is 14.5 Å². The molecule has 0 saturated carbocycles. The molecule has 46 heavy (non-hydrogen) atoms. The maximum atomic E-state index is 5.44. The molecule has 0 heterocycles. The van der Waals surface area contributed by atoms with Crippen molar-refractivity contribution in [3.63, 3.8) is 0 Å². The molecular weight excluding hydrogens is 560 g/mol. The summed E-state index contributed by atoms with van der Waals surface area (Å²) in [5.41, 5.74) is 11.6. The topological polar surface area (TPSA) is 15.7 Å². The summed E-state index contributed by atoms with van der Waals surface area (Å²) in [6.45, 7) is 2.18. The van der Waals surface area contributed by atoms with Crippen LogP contribution >= 0.6 is 0 Å². The van der Waals surface area contributed by atoms with Crippen LogP contribution in [-0.4, -0.2) is 14.2 Å². The van der Waals surface area contributed by atoms with Crippen LogP contribution in [-0.2, 0) is 0 Å². The summed E-state index contributed by atoms with van der Waals surface area (Å²) < 4.78 is 5.44. The molecule has 7 aromatic carbocycles. The first-order valence-corrected chi connectivity index (χ1v) is 15.6. The first-order valence-electron chi connectivity index (χ1n) is 15.6. The van der Waals surface area contributed by atoms with E-state index in [1.807, 2.05) is 12.1 Å². The molecule has 0 bridgehead atoms. The highest BCUT2D eigenvalue weighted by Crippen LogP contribution is 2.39. The minimum atomic E-state index is 0.850. The molecule has 0 atom stereocenters. The maximum Gasteiger partial charge on any atom is 0.120 e. The van der Waals surface area contributed by atoms with Crippen molar-refractivity contribution >= 4 is 39.2 Å². The Bertz CT molecular complexity index is 2100. The van der Waals surface area contributed by atoms with Gasteiger partial charge in [0.2, 0.25) is 0 Å². The Labute approximate surface area is 271 Å². The van der Waals surface area contributed by atoms with Crippen molar-refractivity contribution in [2.75, 3.05) is 24.0 Å². The van der Waals surface area contributed by atoms with Crippen molar-refractivity contribution in [1.29, 1.82) is 0 Å². The van der Waals surface area contributed by atoms with Crippen LogP contribution in [0.2, 0.25) is 0 Å². The van der Waals surface area contributed by atoms with Gasteiger partial charge in [0, 0.05) is 41.6 Å². The van der Waals surface area contributed by atoms with Crippen LogP contribution in [0, 0.1) is 6.92 Å². The maximum absolute atomic E-state index is 5.44. The van der Waals surface area contributed by atoms with E-state index in [1.165, 1.54) is 38.6 Å². The highest BCUT2D eigenvalue weighted by Gasteiger charge is 2.15. The number of fused-ring (bicyclic) bond motifs is 1. The second-order valence-electron chi connectivity index (χ2n) is 11.6. The van der Waals surface area contributed by atoms with Crippen LogP contribution in [0.1, 0.15) is 5.56 Å². The van der Waals surface area contributed by atoms with Gasteiger partial charge in [-0.25, -0.2) is 0 Å². The van der Waals surface area contributed by atoms with Gasteiger partial charge in [0.25, 0.3) is 0 Å². The lowest BCUT2D eigenvalue weighted by Gasteiger charge is -2.26. The molecule has 0 aliphatic heterocycles. The lowest BCUT2D eigenvalue weighted by molar-refractivity contribution is 0.415. The van der Waals surface area contributed by atoms with Crippen LogP contribution in [0.3, 0.4) is 0 Å². The molecule has 0 unspecified atom stereocenters. The van der Waals surface area contributed by atoms with Crippen LogP contribution in [0.5, 0.6) is 5.75 Å². The number of methoxy groups -OCH3 is 1. The number of anilines is 5. The summed E-state index contributed by atoms with van der Waals surface area (Å²) in [6.07, 6.45) is 0. The Kier molecular flexibility index (Phi) is 7.97. The molecule has 7 aromatic rings. The fourth-order valence-corrected chi connectivity index (χ4v) is 6.14. The third kappa shape index (κ3) is 5.83. The minimum Gasteiger partial charge on any atom is -0.497 e. The molecule has 0 amide bonds. The van der Waals surface area contributed by atoms with E-state index in [2.05, 4.69) is 175 Å². The van der Waals surface area contributed by atoms with Crippen molar-refractivity contribution in [2.24, 2.45) is 0 Å². The van der Waals surface area contributed by atoms with Crippen LogP contribution in [0.4, 0.5) is 28.4 Å². The van der Waals surface area contributed by atoms with E-state index >= 15 is 0 Å². The number of rotatable bonds is 8. The Hall–Kier alpha value is -5.80. The van der Waals surface area contributed by atoms with Crippen LogP contribution in [0.25, 0.3) is 33.0 Å². The van der Waals surface area contributed by atoms with Crippen molar-refractivity contribution in [1.82, 2.24) is 0 Å². The molecule has 0 N–H and O–H groups in total. The van der Waals surface area contributed by atoms with Gasteiger partial charge in [-0.1, -0.05) is 97.1 Å². The Morgan fingerprint density at radius 3 is 1.72 bits per heavy atom. The summed E-state index contributed by atoms with van der Waals surface area (Å²) in [6, 6.07) is 58.3. The van der Waals surface area contributed by atoms with Gasteiger partial charge in [-0.05, 0) is 106 Å². The normalized spacial score (nSPS) is 10.9. The number of hydrogen-bond acceptors (Lipinski definition) is 3. The Morgan fingerprint density at radius 2 is 1.02 bits per heavy atom. The summed E-state index contributed by atoms with van der Waals surface area (Å²) in [4.78, 5) is 4.52. The second-order valence-corrected chi connectivity index (χ2v) is 11.6. The van der Waals surface area contributed by atoms with Gasteiger partial charge < -0.3 is 14.5 Å². The fourth-order valence-electron chi connectivity index (χ4n) is 6.14. The lowest BCUT2D eigenvalue weighted by atomic mass is 9.99. The van der Waals surface area contributed by atoms with E-state index in [4.69, 9.17) is 4.74 Å². The largest absolute Gasteiger partial charge is 0.497 e. The second kappa shape index (κ2) is 12.7. The van der Waals surface area contributed by atoms with E-state index in [-0.39, 0.29) is 0 Å². The number of aryl methyl sites for hydroxylation is 1. The third-order valence-corrected chi connectivity index (χ3v) is 8.70. The van der Waals surface area contributed by atoms with E-state index in [0.717, 1.165) is 34.2 Å². The van der Waals surface area contributed by atoms with Crippen molar-refractivity contribution < 1.29 is 4.74 Å². The fraction of sp³-hybridized carbons (Fsp3) is 0.0698. The molecule has 7 rings (SSSR count). The SMILES string of the molecule is COc1cccc(N(C)c2ccc(-c3ccc(N(c4ccc(-c5ccccc5)cc4)c4ccc5ccccc5c4)cc3)c(C)c2)c1. The van der Waals surface area contributed by atoms with E-state index in [0.29, 0.717) is 0 Å². The number of nitrogens with zero attached hydrogens (tertiary/aromatic N) is 2. The average Bonchev–Trinajstić information content (AvgIpc) is 3.12. The lowest BCUT2D eigenvalue weighted by Crippen LogP contribution is -2.10. The average molecular weight is 597 g/mol.